The summed E-state index contributed by atoms with van der Waals surface area (Å²) in [5.74, 6) is -2.34. The molecule has 0 spiro atoms. The lowest BCUT2D eigenvalue weighted by Crippen LogP contribution is -2.60. The summed E-state index contributed by atoms with van der Waals surface area (Å²) in [6.45, 7) is 2.91. The van der Waals surface area contributed by atoms with Crippen LogP contribution >= 0.6 is 0 Å². The van der Waals surface area contributed by atoms with E-state index in [0.29, 0.717) is 6.54 Å². The van der Waals surface area contributed by atoms with Crippen LogP contribution in [0.1, 0.15) is 25.3 Å². The molecule has 0 radical (unpaired) electrons. The molecular formula is C16H18F2N2O2. The normalized spacial score (nSPS) is 24.6. The molecule has 0 saturated carbocycles. The highest BCUT2D eigenvalue weighted by Gasteiger charge is 2.41. The highest BCUT2D eigenvalue weighted by Crippen LogP contribution is 2.26. The zero-order chi connectivity index (χ0) is 15.9. The van der Waals surface area contributed by atoms with E-state index in [9.17, 15) is 18.4 Å². The molecule has 0 N–H and O–H groups in total. The summed E-state index contributed by atoms with van der Waals surface area (Å²) in [4.78, 5) is 28.1. The lowest BCUT2D eigenvalue weighted by molar-refractivity contribution is -0.152. The number of carbonyl (C=O) groups is 2. The minimum atomic E-state index is -0.991. The van der Waals surface area contributed by atoms with Gasteiger partial charge in [0.25, 0.3) is 0 Å². The number of fused-ring (bicyclic) bond motifs is 1. The Hall–Kier alpha value is -1.98. The summed E-state index contributed by atoms with van der Waals surface area (Å²) < 4.78 is 26.9. The second kappa shape index (κ2) is 5.66. The van der Waals surface area contributed by atoms with E-state index in [1.807, 2.05) is 4.90 Å². The van der Waals surface area contributed by atoms with Crippen molar-refractivity contribution in [2.45, 2.75) is 38.3 Å². The summed E-state index contributed by atoms with van der Waals surface area (Å²) in [5.41, 5.74) is 0.0264. The fourth-order valence-corrected chi connectivity index (χ4v) is 3.34. The maximum absolute atomic E-state index is 13.7. The number of rotatable bonds is 2. The van der Waals surface area contributed by atoms with Gasteiger partial charge in [-0.15, -0.1) is 0 Å². The SMILES string of the molecule is C[C@H]1C(=O)N2CCC[C@@H]2CN1C(=O)Cc1cccc(F)c1F. The third kappa shape index (κ3) is 2.46. The number of benzene rings is 1. The highest BCUT2D eigenvalue weighted by molar-refractivity contribution is 5.89. The molecule has 4 nitrogen and oxygen atoms in total. The van der Waals surface area contributed by atoms with E-state index in [4.69, 9.17) is 0 Å². The second-order valence-electron chi connectivity index (χ2n) is 5.94. The number of hydrogen-bond donors (Lipinski definition) is 0. The molecule has 6 heteroatoms. The number of amides is 2. The Balaban J connectivity index is 1.77. The standard InChI is InChI=1S/C16H18F2N2O2/c1-10-16(22)19-7-3-5-12(19)9-20(10)14(21)8-11-4-2-6-13(17)15(11)18/h2,4,6,10,12H,3,5,7-9H2,1H3/t10-,12+/m0/s1. The molecule has 2 saturated heterocycles. The van der Waals surface area contributed by atoms with Gasteiger partial charge in [0, 0.05) is 24.7 Å². The Kier molecular flexibility index (Phi) is 3.85. The van der Waals surface area contributed by atoms with E-state index in [1.54, 1.807) is 6.92 Å². The first-order chi connectivity index (χ1) is 10.5. The topological polar surface area (TPSA) is 40.6 Å². The van der Waals surface area contributed by atoms with E-state index in [-0.39, 0.29) is 29.8 Å². The largest absolute Gasteiger partial charge is 0.336 e. The predicted molar refractivity (Wildman–Crippen MR) is 76.0 cm³/mol. The molecule has 118 valence electrons. The van der Waals surface area contributed by atoms with Gasteiger partial charge < -0.3 is 9.80 Å². The molecule has 0 bridgehead atoms. The first-order valence-electron chi connectivity index (χ1n) is 7.52. The maximum atomic E-state index is 13.7. The van der Waals surface area contributed by atoms with Gasteiger partial charge in [0.1, 0.15) is 6.04 Å². The van der Waals surface area contributed by atoms with E-state index in [0.717, 1.165) is 25.5 Å². The van der Waals surface area contributed by atoms with E-state index < -0.39 is 17.7 Å². The summed E-state index contributed by atoms with van der Waals surface area (Å²) in [6, 6.07) is 3.31. The Morgan fingerprint density at radius 2 is 2.14 bits per heavy atom. The van der Waals surface area contributed by atoms with E-state index >= 15 is 0 Å². The van der Waals surface area contributed by atoms with Crippen molar-refractivity contribution in [2.24, 2.45) is 0 Å². The molecule has 2 aliphatic heterocycles. The van der Waals surface area contributed by atoms with Gasteiger partial charge in [-0.3, -0.25) is 9.59 Å². The van der Waals surface area contributed by atoms with Crippen molar-refractivity contribution in [3.63, 3.8) is 0 Å². The molecule has 1 aromatic rings. The summed E-state index contributed by atoms with van der Waals surface area (Å²) in [5, 5.41) is 0. The third-order valence-electron chi connectivity index (χ3n) is 4.59. The van der Waals surface area contributed by atoms with Crippen molar-refractivity contribution in [1.82, 2.24) is 9.80 Å². The molecule has 2 heterocycles. The van der Waals surface area contributed by atoms with Gasteiger partial charge in [0.2, 0.25) is 11.8 Å². The summed E-state index contributed by atoms with van der Waals surface area (Å²) in [7, 11) is 0. The second-order valence-corrected chi connectivity index (χ2v) is 5.94. The van der Waals surface area contributed by atoms with E-state index in [2.05, 4.69) is 0 Å². The van der Waals surface area contributed by atoms with Gasteiger partial charge in [0.15, 0.2) is 11.6 Å². The molecule has 0 aliphatic carbocycles. The van der Waals surface area contributed by atoms with Crippen molar-refractivity contribution in [3.8, 4) is 0 Å². The van der Waals surface area contributed by atoms with Crippen LogP contribution in [-0.4, -0.2) is 46.8 Å². The van der Waals surface area contributed by atoms with Gasteiger partial charge >= 0.3 is 0 Å². The Bertz CT molecular complexity index is 620. The highest BCUT2D eigenvalue weighted by atomic mass is 19.2. The lowest BCUT2D eigenvalue weighted by Gasteiger charge is -2.41. The number of halogens is 2. The zero-order valence-corrected chi connectivity index (χ0v) is 12.4. The van der Waals surface area contributed by atoms with Gasteiger partial charge in [-0.25, -0.2) is 8.78 Å². The summed E-state index contributed by atoms with van der Waals surface area (Å²) >= 11 is 0. The molecule has 2 aliphatic rings. The fraction of sp³-hybridized carbons (Fsp3) is 0.500. The lowest BCUT2D eigenvalue weighted by atomic mass is 10.0. The Morgan fingerprint density at radius 1 is 1.36 bits per heavy atom. The number of carbonyl (C=O) groups excluding carboxylic acids is 2. The first kappa shape index (κ1) is 14.9. The number of nitrogens with zero attached hydrogens (tertiary/aromatic N) is 2. The minimum absolute atomic E-state index is 0.0264. The van der Waals surface area contributed by atoms with Crippen LogP contribution < -0.4 is 0 Å². The van der Waals surface area contributed by atoms with E-state index in [1.165, 1.54) is 17.0 Å². The third-order valence-corrected chi connectivity index (χ3v) is 4.59. The van der Waals surface area contributed by atoms with Crippen LogP contribution in [0, 0.1) is 11.6 Å². The van der Waals surface area contributed by atoms with Crippen LogP contribution in [0.15, 0.2) is 18.2 Å². The Morgan fingerprint density at radius 3 is 2.91 bits per heavy atom. The van der Waals surface area contributed by atoms with Crippen LogP contribution in [0.25, 0.3) is 0 Å². The fourth-order valence-electron chi connectivity index (χ4n) is 3.34. The molecule has 0 unspecified atom stereocenters. The smallest absolute Gasteiger partial charge is 0.245 e. The van der Waals surface area contributed by atoms with Crippen LogP contribution in [0.4, 0.5) is 8.78 Å². The molecule has 2 fully saturated rings. The van der Waals surface area contributed by atoms with Gasteiger partial charge in [0.05, 0.1) is 6.42 Å². The van der Waals surface area contributed by atoms with Gasteiger partial charge in [-0.2, -0.15) is 0 Å². The van der Waals surface area contributed by atoms with Crippen molar-refractivity contribution < 1.29 is 18.4 Å². The van der Waals surface area contributed by atoms with Crippen molar-refractivity contribution >= 4 is 11.8 Å². The van der Waals surface area contributed by atoms with Crippen molar-refractivity contribution in [2.75, 3.05) is 13.1 Å². The molecular weight excluding hydrogens is 290 g/mol. The molecule has 0 aromatic heterocycles. The van der Waals surface area contributed by atoms with Crippen molar-refractivity contribution in [3.05, 3.63) is 35.4 Å². The monoisotopic (exact) mass is 308 g/mol. The molecule has 22 heavy (non-hydrogen) atoms. The van der Waals surface area contributed by atoms with Gasteiger partial charge in [-0.05, 0) is 25.8 Å². The maximum Gasteiger partial charge on any atom is 0.245 e. The average Bonchev–Trinajstić information content (AvgIpc) is 2.96. The quantitative estimate of drug-likeness (QED) is 0.835. The number of hydrogen-bond acceptors (Lipinski definition) is 2. The molecule has 2 atom stereocenters. The predicted octanol–water partition coefficient (Wildman–Crippen LogP) is 1.73. The first-order valence-corrected chi connectivity index (χ1v) is 7.52. The average molecular weight is 308 g/mol. The van der Waals surface area contributed by atoms with Gasteiger partial charge in [-0.1, -0.05) is 12.1 Å². The Labute approximate surface area is 127 Å². The van der Waals surface area contributed by atoms with Crippen LogP contribution in [0.5, 0.6) is 0 Å². The minimum Gasteiger partial charge on any atom is -0.336 e. The van der Waals surface area contributed by atoms with Crippen LogP contribution in [0.2, 0.25) is 0 Å². The van der Waals surface area contributed by atoms with Crippen molar-refractivity contribution in [1.29, 1.82) is 0 Å². The molecule has 3 rings (SSSR count). The number of piperazine rings is 1. The van der Waals surface area contributed by atoms with Crippen LogP contribution in [0.3, 0.4) is 0 Å². The zero-order valence-electron chi connectivity index (χ0n) is 12.4. The molecule has 2 amide bonds. The van der Waals surface area contributed by atoms with Crippen LogP contribution in [-0.2, 0) is 16.0 Å². The molecule has 1 aromatic carbocycles. The summed E-state index contributed by atoms with van der Waals surface area (Å²) in [6.07, 6.45) is 1.61.